The van der Waals surface area contributed by atoms with Crippen LogP contribution in [0.3, 0.4) is 0 Å². The summed E-state index contributed by atoms with van der Waals surface area (Å²) in [6.45, 7) is 3.43. The van der Waals surface area contributed by atoms with Crippen molar-refractivity contribution in [3.8, 4) is 6.01 Å². The summed E-state index contributed by atoms with van der Waals surface area (Å²) in [6, 6.07) is 0.103. The highest BCUT2D eigenvalue weighted by Gasteiger charge is 2.07. The van der Waals surface area contributed by atoms with E-state index in [0.717, 1.165) is 0 Å². The molecule has 1 heterocycles. The predicted molar refractivity (Wildman–Crippen MR) is 65.9 cm³/mol. The van der Waals surface area contributed by atoms with Gasteiger partial charge in [0.05, 0.1) is 12.7 Å². The van der Waals surface area contributed by atoms with Crippen molar-refractivity contribution in [3.63, 3.8) is 0 Å². The number of anilines is 1. The molecule has 0 bridgehead atoms. The van der Waals surface area contributed by atoms with Gasteiger partial charge in [0.15, 0.2) is 0 Å². The number of ether oxygens (including phenoxy) is 2. The quantitative estimate of drug-likeness (QED) is 0.740. The maximum Gasteiger partial charge on any atom is 0.322 e. The number of nitrogens with zero attached hydrogens (tertiary/aromatic N) is 3. The van der Waals surface area contributed by atoms with E-state index in [2.05, 4.69) is 20.3 Å². The molecule has 0 aliphatic rings. The lowest BCUT2D eigenvalue weighted by Crippen LogP contribution is -2.16. The molecule has 108 valence electrons. The standard InChI is InChI=1S/C10H15ClF2N4O2/c1-6(2)19-10-16-8(11)15-9(17-10)14-3-4-18-5-7(12)13/h6-7H,3-5H2,1-2H3,(H,14,15,16,17). The number of alkyl halides is 2. The number of hydrogen-bond donors (Lipinski definition) is 1. The zero-order chi connectivity index (χ0) is 14.3. The smallest absolute Gasteiger partial charge is 0.322 e. The Kier molecular flexibility index (Phi) is 6.65. The van der Waals surface area contributed by atoms with E-state index in [4.69, 9.17) is 21.1 Å². The third kappa shape index (κ3) is 7.02. The molecule has 6 nitrogen and oxygen atoms in total. The predicted octanol–water partition coefficient (Wildman–Crippen LogP) is 2.01. The fourth-order valence-corrected chi connectivity index (χ4v) is 1.23. The normalized spacial score (nSPS) is 11.1. The highest BCUT2D eigenvalue weighted by molar-refractivity contribution is 6.28. The third-order valence-electron chi connectivity index (χ3n) is 1.70. The Labute approximate surface area is 114 Å². The van der Waals surface area contributed by atoms with Gasteiger partial charge in [-0.3, -0.25) is 0 Å². The average Bonchev–Trinajstić information content (AvgIpc) is 2.26. The summed E-state index contributed by atoms with van der Waals surface area (Å²) in [7, 11) is 0. The van der Waals surface area contributed by atoms with E-state index in [9.17, 15) is 8.78 Å². The lowest BCUT2D eigenvalue weighted by atomic mass is 10.5. The molecular formula is C10H15ClF2N4O2. The van der Waals surface area contributed by atoms with Crippen LogP contribution in [-0.4, -0.2) is 47.2 Å². The topological polar surface area (TPSA) is 69.2 Å². The molecular weight excluding hydrogens is 282 g/mol. The van der Waals surface area contributed by atoms with E-state index in [1.54, 1.807) is 0 Å². The molecule has 9 heteroatoms. The van der Waals surface area contributed by atoms with Crippen LogP contribution in [-0.2, 0) is 4.74 Å². The summed E-state index contributed by atoms with van der Waals surface area (Å²) in [5, 5.41) is 2.76. The summed E-state index contributed by atoms with van der Waals surface area (Å²) in [5.41, 5.74) is 0. The SMILES string of the molecule is CC(C)Oc1nc(Cl)nc(NCCOCC(F)F)n1. The molecule has 1 aromatic heterocycles. The van der Waals surface area contributed by atoms with Gasteiger partial charge in [-0.15, -0.1) is 0 Å². The van der Waals surface area contributed by atoms with Crippen LogP contribution in [0.4, 0.5) is 14.7 Å². The number of rotatable bonds is 8. The monoisotopic (exact) mass is 296 g/mol. The first-order valence-corrected chi connectivity index (χ1v) is 6.03. The van der Waals surface area contributed by atoms with Gasteiger partial charge in [0.1, 0.15) is 6.61 Å². The van der Waals surface area contributed by atoms with Crippen molar-refractivity contribution in [2.24, 2.45) is 0 Å². The molecule has 0 saturated heterocycles. The zero-order valence-corrected chi connectivity index (χ0v) is 11.3. The van der Waals surface area contributed by atoms with Crippen molar-refractivity contribution in [2.75, 3.05) is 25.1 Å². The number of hydrogen-bond acceptors (Lipinski definition) is 6. The second kappa shape index (κ2) is 8.00. The number of aromatic nitrogens is 3. The van der Waals surface area contributed by atoms with Crippen molar-refractivity contribution < 1.29 is 18.3 Å². The Morgan fingerprint density at radius 1 is 1.26 bits per heavy atom. The van der Waals surface area contributed by atoms with Gasteiger partial charge in [-0.05, 0) is 25.4 Å². The van der Waals surface area contributed by atoms with Crippen LogP contribution < -0.4 is 10.1 Å². The fourth-order valence-electron chi connectivity index (χ4n) is 1.08. The lowest BCUT2D eigenvalue weighted by Gasteiger charge is -2.09. The first-order valence-electron chi connectivity index (χ1n) is 5.65. The Balaban J connectivity index is 2.42. The molecule has 0 spiro atoms. The third-order valence-corrected chi connectivity index (χ3v) is 1.87. The summed E-state index contributed by atoms with van der Waals surface area (Å²) < 4.78 is 33.6. The number of halogens is 3. The minimum Gasteiger partial charge on any atom is -0.461 e. The molecule has 0 atom stereocenters. The van der Waals surface area contributed by atoms with Crippen LogP contribution in [0.2, 0.25) is 5.28 Å². The minimum absolute atomic E-state index is 0.0124. The Bertz CT molecular complexity index is 396. The minimum atomic E-state index is -2.47. The van der Waals surface area contributed by atoms with Crippen molar-refractivity contribution in [1.29, 1.82) is 0 Å². The van der Waals surface area contributed by atoms with Crippen LogP contribution in [0.1, 0.15) is 13.8 Å². The maximum atomic E-state index is 11.8. The Hall–Kier alpha value is -1.28. The Morgan fingerprint density at radius 3 is 2.63 bits per heavy atom. The highest BCUT2D eigenvalue weighted by Crippen LogP contribution is 2.12. The lowest BCUT2D eigenvalue weighted by molar-refractivity contribution is 0.0214. The number of nitrogens with one attached hydrogen (secondary N) is 1. The van der Waals surface area contributed by atoms with Crippen molar-refractivity contribution in [2.45, 2.75) is 26.4 Å². The molecule has 0 unspecified atom stereocenters. The van der Waals surface area contributed by atoms with E-state index in [1.807, 2.05) is 13.8 Å². The van der Waals surface area contributed by atoms with Crippen LogP contribution in [0.5, 0.6) is 6.01 Å². The molecule has 0 saturated carbocycles. The molecule has 0 radical (unpaired) electrons. The van der Waals surface area contributed by atoms with Gasteiger partial charge in [-0.2, -0.15) is 15.0 Å². The molecule has 19 heavy (non-hydrogen) atoms. The van der Waals surface area contributed by atoms with E-state index < -0.39 is 13.0 Å². The summed E-state index contributed by atoms with van der Waals surface area (Å²) in [5.74, 6) is 0.205. The van der Waals surface area contributed by atoms with E-state index in [-0.39, 0.29) is 36.5 Å². The van der Waals surface area contributed by atoms with Crippen LogP contribution >= 0.6 is 11.6 Å². The van der Waals surface area contributed by atoms with Crippen molar-refractivity contribution >= 4 is 17.5 Å². The summed E-state index contributed by atoms with van der Waals surface area (Å²) in [4.78, 5) is 11.6. The van der Waals surface area contributed by atoms with Crippen LogP contribution in [0.25, 0.3) is 0 Å². The van der Waals surface area contributed by atoms with Crippen molar-refractivity contribution in [3.05, 3.63) is 5.28 Å². The molecule has 0 amide bonds. The van der Waals surface area contributed by atoms with E-state index >= 15 is 0 Å². The largest absolute Gasteiger partial charge is 0.461 e. The fraction of sp³-hybridized carbons (Fsp3) is 0.700. The van der Waals surface area contributed by atoms with E-state index in [1.165, 1.54) is 0 Å². The second-order valence-corrected chi connectivity index (χ2v) is 4.11. The van der Waals surface area contributed by atoms with Gasteiger partial charge in [-0.25, -0.2) is 8.78 Å². The molecule has 0 aromatic carbocycles. The van der Waals surface area contributed by atoms with Gasteiger partial charge in [0, 0.05) is 6.54 Å². The first kappa shape index (κ1) is 15.8. The van der Waals surface area contributed by atoms with Gasteiger partial charge in [-0.1, -0.05) is 0 Å². The molecule has 0 aliphatic heterocycles. The maximum absolute atomic E-state index is 11.8. The summed E-state index contributed by atoms with van der Waals surface area (Å²) >= 11 is 5.70. The van der Waals surface area contributed by atoms with Crippen LogP contribution in [0, 0.1) is 0 Å². The summed E-state index contributed by atoms with van der Waals surface area (Å²) in [6.07, 6.45) is -2.57. The molecule has 0 aliphatic carbocycles. The van der Waals surface area contributed by atoms with Crippen LogP contribution in [0.15, 0.2) is 0 Å². The first-order chi connectivity index (χ1) is 8.97. The molecule has 0 fully saturated rings. The molecule has 1 rings (SSSR count). The molecule has 1 aromatic rings. The van der Waals surface area contributed by atoms with Gasteiger partial charge in [0.2, 0.25) is 11.2 Å². The Morgan fingerprint density at radius 2 is 2.00 bits per heavy atom. The van der Waals surface area contributed by atoms with Gasteiger partial charge < -0.3 is 14.8 Å². The van der Waals surface area contributed by atoms with E-state index in [0.29, 0.717) is 0 Å². The second-order valence-electron chi connectivity index (χ2n) is 3.77. The average molecular weight is 297 g/mol. The highest BCUT2D eigenvalue weighted by atomic mass is 35.5. The van der Waals surface area contributed by atoms with Gasteiger partial charge in [0.25, 0.3) is 6.43 Å². The van der Waals surface area contributed by atoms with Gasteiger partial charge >= 0.3 is 6.01 Å². The zero-order valence-electron chi connectivity index (χ0n) is 10.6. The van der Waals surface area contributed by atoms with Crippen molar-refractivity contribution in [1.82, 2.24) is 15.0 Å². The molecule has 1 N–H and O–H groups in total.